The molecule has 0 N–H and O–H groups in total. The SMILES string of the molecule is O=C(c1ccco1)N1CCC(Oc2ccc(C(F)(F)F)cn2)CC1. The van der Waals surface area contributed by atoms with Crippen molar-refractivity contribution in [1.82, 2.24) is 9.88 Å². The van der Waals surface area contributed by atoms with Crippen LogP contribution in [-0.2, 0) is 6.18 Å². The minimum atomic E-state index is -4.41. The van der Waals surface area contributed by atoms with Gasteiger partial charge in [0.1, 0.15) is 6.10 Å². The number of rotatable bonds is 3. The lowest BCUT2D eigenvalue weighted by molar-refractivity contribution is -0.137. The molecule has 24 heavy (non-hydrogen) atoms. The number of furan rings is 1. The number of hydrogen-bond donors (Lipinski definition) is 0. The Bertz CT molecular complexity index is 676. The molecular formula is C16H15F3N2O3. The topological polar surface area (TPSA) is 55.6 Å². The van der Waals surface area contributed by atoms with Gasteiger partial charge in [0, 0.05) is 38.2 Å². The van der Waals surface area contributed by atoms with Crippen LogP contribution in [0.3, 0.4) is 0 Å². The van der Waals surface area contributed by atoms with E-state index < -0.39 is 11.7 Å². The molecule has 2 aromatic heterocycles. The zero-order valence-electron chi connectivity index (χ0n) is 12.6. The summed E-state index contributed by atoms with van der Waals surface area (Å²) >= 11 is 0. The molecule has 2 aromatic rings. The molecule has 0 aliphatic carbocycles. The summed E-state index contributed by atoms with van der Waals surface area (Å²) in [5, 5.41) is 0. The highest BCUT2D eigenvalue weighted by Crippen LogP contribution is 2.29. The van der Waals surface area contributed by atoms with Crippen molar-refractivity contribution in [2.45, 2.75) is 25.1 Å². The van der Waals surface area contributed by atoms with Gasteiger partial charge >= 0.3 is 6.18 Å². The monoisotopic (exact) mass is 340 g/mol. The lowest BCUT2D eigenvalue weighted by atomic mass is 10.1. The summed E-state index contributed by atoms with van der Waals surface area (Å²) in [7, 11) is 0. The summed E-state index contributed by atoms with van der Waals surface area (Å²) in [6.45, 7) is 0.982. The van der Waals surface area contributed by atoms with Crippen molar-refractivity contribution in [3.8, 4) is 5.88 Å². The molecule has 0 spiro atoms. The van der Waals surface area contributed by atoms with Crippen molar-refractivity contribution in [2.75, 3.05) is 13.1 Å². The zero-order chi connectivity index (χ0) is 17.2. The van der Waals surface area contributed by atoms with Crippen LogP contribution in [0.4, 0.5) is 13.2 Å². The standard InChI is InChI=1S/C16H15F3N2O3/c17-16(18,19)11-3-4-14(20-10-11)24-12-5-7-21(8-6-12)15(22)13-2-1-9-23-13/h1-4,9-10,12H,5-8H2. The molecule has 1 aliphatic heterocycles. The van der Waals surface area contributed by atoms with E-state index in [1.54, 1.807) is 17.0 Å². The van der Waals surface area contributed by atoms with Crippen LogP contribution < -0.4 is 4.74 Å². The maximum Gasteiger partial charge on any atom is 0.417 e. The molecule has 0 atom stereocenters. The van der Waals surface area contributed by atoms with E-state index in [0.29, 0.717) is 31.7 Å². The lowest BCUT2D eigenvalue weighted by Gasteiger charge is -2.31. The number of carbonyl (C=O) groups is 1. The number of hydrogen-bond acceptors (Lipinski definition) is 4. The summed E-state index contributed by atoms with van der Waals surface area (Å²) < 4.78 is 48.1. The van der Waals surface area contributed by atoms with E-state index in [0.717, 1.165) is 12.3 Å². The Morgan fingerprint density at radius 1 is 1.25 bits per heavy atom. The van der Waals surface area contributed by atoms with E-state index in [4.69, 9.17) is 9.15 Å². The minimum absolute atomic E-state index is 0.152. The molecule has 0 unspecified atom stereocenters. The Morgan fingerprint density at radius 2 is 2.00 bits per heavy atom. The van der Waals surface area contributed by atoms with Crippen molar-refractivity contribution < 1.29 is 27.1 Å². The van der Waals surface area contributed by atoms with Gasteiger partial charge in [-0.25, -0.2) is 4.98 Å². The van der Waals surface area contributed by atoms with Gasteiger partial charge in [-0.05, 0) is 18.2 Å². The zero-order valence-corrected chi connectivity index (χ0v) is 12.6. The van der Waals surface area contributed by atoms with Crippen LogP contribution in [0.1, 0.15) is 29.0 Å². The summed E-state index contributed by atoms with van der Waals surface area (Å²) in [6, 6.07) is 5.41. The van der Waals surface area contributed by atoms with Crippen LogP contribution in [-0.4, -0.2) is 35.0 Å². The number of carbonyl (C=O) groups excluding carboxylic acids is 1. The maximum atomic E-state index is 12.5. The van der Waals surface area contributed by atoms with Crippen LogP contribution in [0.5, 0.6) is 5.88 Å². The molecule has 8 heteroatoms. The minimum Gasteiger partial charge on any atom is -0.474 e. The second-order valence-corrected chi connectivity index (χ2v) is 5.47. The predicted molar refractivity (Wildman–Crippen MR) is 77.5 cm³/mol. The van der Waals surface area contributed by atoms with E-state index in [1.807, 2.05) is 0 Å². The molecule has 1 aliphatic rings. The lowest BCUT2D eigenvalue weighted by Crippen LogP contribution is -2.41. The molecule has 0 bridgehead atoms. The van der Waals surface area contributed by atoms with Gasteiger partial charge in [0.15, 0.2) is 5.76 Å². The number of pyridine rings is 1. The first-order chi connectivity index (χ1) is 11.4. The van der Waals surface area contributed by atoms with Gasteiger partial charge in [0.2, 0.25) is 5.88 Å². The third-order valence-corrected chi connectivity index (χ3v) is 3.81. The van der Waals surface area contributed by atoms with E-state index in [1.165, 1.54) is 12.3 Å². The quantitative estimate of drug-likeness (QED) is 0.860. The average Bonchev–Trinajstić information content (AvgIpc) is 3.09. The number of piperidine rings is 1. The number of nitrogens with zero attached hydrogens (tertiary/aromatic N) is 2. The van der Waals surface area contributed by atoms with Gasteiger partial charge in [-0.15, -0.1) is 0 Å². The Labute approximate surface area is 136 Å². The van der Waals surface area contributed by atoms with Gasteiger partial charge in [0.25, 0.3) is 5.91 Å². The number of ether oxygens (including phenoxy) is 1. The first-order valence-corrected chi connectivity index (χ1v) is 7.46. The first kappa shape index (κ1) is 16.4. The van der Waals surface area contributed by atoms with Crippen molar-refractivity contribution in [3.05, 3.63) is 48.0 Å². The number of halogens is 3. The number of alkyl halides is 3. The summed E-state index contributed by atoms with van der Waals surface area (Å²) in [4.78, 5) is 17.5. The van der Waals surface area contributed by atoms with E-state index in [2.05, 4.69) is 4.98 Å². The van der Waals surface area contributed by atoms with Crippen LogP contribution in [0, 0.1) is 0 Å². The molecule has 1 amide bonds. The van der Waals surface area contributed by atoms with Crippen LogP contribution >= 0.6 is 0 Å². The van der Waals surface area contributed by atoms with E-state index >= 15 is 0 Å². The van der Waals surface area contributed by atoms with Crippen LogP contribution in [0.15, 0.2) is 41.1 Å². The third kappa shape index (κ3) is 3.69. The molecular weight excluding hydrogens is 325 g/mol. The molecule has 0 radical (unpaired) electrons. The number of likely N-dealkylation sites (tertiary alicyclic amines) is 1. The predicted octanol–water partition coefficient (Wildman–Crippen LogP) is 3.38. The second-order valence-electron chi connectivity index (χ2n) is 5.47. The Hall–Kier alpha value is -2.51. The van der Waals surface area contributed by atoms with Gasteiger partial charge in [-0.2, -0.15) is 13.2 Å². The Morgan fingerprint density at radius 3 is 2.54 bits per heavy atom. The highest BCUT2D eigenvalue weighted by molar-refractivity contribution is 5.91. The fourth-order valence-corrected chi connectivity index (χ4v) is 2.52. The molecule has 5 nitrogen and oxygen atoms in total. The van der Waals surface area contributed by atoms with Gasteiger partial charge in [-0.3, -0.25) is 4.79 Å². The third-order valence-electron chi connectivity index (χ3n) is 3.81. The molecule has 128 valence electrons. The Kier molecular flexibility index (Phi) is 4.46. The highest BCUT2D eigenvalue weighted by Gasteiger charge is 2.31. The largest absolute Gasteiger partial charge is 0.474 e. The van der Waals surface area contributed by atoms with E-state index in [9.17, 15) is 18.0 Å². The summed E-state index contributed by atoms with van der Waals surface area (Å²) in [6.07, 6.45) is -1.24. The molecule has 1 fully saturated rings. The molecule has 1 saturated heterocycles. The Balaban J connectivity index is 1.53. The smallest absolute Gasteiger partial charge is 0.417 e. The number of aromatic nitrogens is 1. The second kappa shape index (κ2) is 6.54. The number of amides is 1. The van der Waals surface area contributed by atoms with Gasteiger partial charge in [0.05, 0.1) is 11.8 Å². The molecule has 0 saturated carbocycles. The fourth-order valence-electron chi connectivity index (χ4n) is 2.52. The summed E-state index contributed by atoms with van der Waals surface area (Å²) in [5.41, 5.74) is -0.811. The van der Waals surface area contributed by atoms with Crippen molar-refractivity contribution in [2.24, 2.45) is 0 Å². The van der Waals surface area contributed by atoms with Gasteiger partial charge < -0.3 is 14.1 Å². The average molecular weight is 340 g/mol. The van der Waals surface area contributed by atoms with Crippen LogP contribution in [0.25, 0.3) is 0 Å². The normalized spacial score (nSPS) is 16.2. The van der Waals surface area contributed by atoms with Crippen LogP contribution in [0.2, 0.25) is 0 Å². The van der Waals surface area contributed by atoms with Crippen molar-refractivity contribution in [1.29, 1.82) is 0 Å². The highest BCUT2D eigenvalue weighted by atomic mass is 19.4. The summed E-state index contributed by atoms with van der Waals surface area (Å²) in [5.74, 6) is 0.267. The maximum absolute atomic E-state index is 12.5. The molecule has 3 heterocycles. The van der Waals surface area contributed by atoms with E-state index in [-0.39, 0.29) is 17.9 Å². The van der Waals surface area contributed by atoms with Crippen molar-refractivity contribution in [3.63, 3.8) is 0 Å². The van der Waals surface area contributed by atoms with Crippen molar-refractivity contribution >= 4 is 5.91 Å². The first-order valence-electron chi connectivity index (χ1n) is 7.46. The van der Waals surface area contributed by atoms with Gasteiger partial charge in [-0.1, -0.05) is 0 Å². The fraction of sp³-hybridized carbons (Fsp3) is 0.375. The molecule has 3 rings (SSSR count). The molecule has 0 aromatic carbocycles.